The van der Waals surface area contributed by atoms with Crippen LogP contribution in [0.3, 0.4) is 0 Å². The predicted octanol–water partition coefficient (Wildman–Crippen LogP) is 3.44. The minimum absolute atomic E-state index is 0.0856. The van der Waals surface area contributed by atoms with E-state index in [1.807, 2.05) is 30.3 Å². The first-order chi connectivity index (χ1) is 13.1. The molecule has 0 spiro atoms. The highest BCUT2D eigenvalue weighted by Crippen LogP contribution is 2.18. The molecule has 1 fully saturated rings. The van der Waals surface area contributed by atoms with Gasteiger partial charge in [-0.05, 0) is 24.8 Å². The lowest BCUT2D eigenvalue weighted by Gasteiger charge is -2.14. The number of aryl methyl sites for hydroxylation is 2. The van der Waals surface area contributed by atoms with Gasteiger partial charge in [0.25, 0.3) is 5.91 Å². The maximum Gasteiger partial charge on any atom is 0.272 e. The van der Waals surface area contributed by atoms with E-state index in [1.165, 1.54) is 12.8 Å². The highest BCUT2D eigenvalue weighted by atomic mass is 16.2. The van der Waals surface area contributed by atoms with E-state index in [1.54, 1.807) is 17.8 Å². The summed E-state index contributed by atoms with van der Waals surface area (Å²) >= 11 is 0. The second-order valence-electron chi connectivity index (χ2n) is 7.23. The molecule has 0 bridgehead atoms. The first-order valence-electron chi connectivity index (χ1n) is 9.80. The normalized spacial score (nSPS) is 15.1. The fourth-order valence-corrected chi connectivity index (χ4v) is 3.49. The van der Waals surface area contributed by atoms with Gasteiger partial charge >= 0.3 is 0 Å². The SMILES string of the molecule is Cn1nc(C(=O)NC2CCCCCC2)cc1NC(=O)CCc1ccccc1. The summed E-state index contributed by atoms with van der Waals surface area (Å²) in [5, 5.41) is 10.2. The largest absolute Gasteiger partial charge is 0.348 e. The Hall–Kier alpha value is -2.63. The lowest BCUT2D eigenvalue weighted by molar-refractivity contribution is -0.116. The second kappa shape index (κ2) is 9.35. The molecule has 144 valence electrons. The number of amides is 2. The number of carbonyl (C=O) groups is 2. The maximum atomic E-state index is 12.5. The molecule has 1 heterocycles. The summed E-state index contributed by atoms with van der Waals surface area (Å²) in [6, 6.07) is 11.8. The van der Waals surface area contributed by atoms with Crippen molar-refractivity contribution in [2.75, 3.05) is 5.32 Å². The Balaban J connectivity index is 1.53. The Bertz CT molecular complexity index is 762. The summed E-state index contributed by atoms with van der Waals surface area (Å²) in [4.78, 5) is 24.7. The van der Waals surface area contributed by atoms with Gasteiger partial charge in [-0.15, -0.1) is 0 Å². The fourth-order valence-electron chi connectivity index (χ4n) is 3.49. The molecule has 27 heavy (non-hydrogen) atoms. The van der Waals surface area contributed by atoms with Crippen molar-refractivity contribution >= 4 is 17.6 Å². The van der Waals surface area contributed by atoms with Crippen molar-refractivity contribution in [2.24, 2.45) is 7.05 Å². The third-order valence-corrected chi connectivity index (χ3v) is 5.05. The third kappa shape index (κ3) is 5.67. The number of nitrogens with zero attached hydrogens (tertiary/aromatic N) is 2. The number of carbonyl (C=O) groups excluding carboxylic acids is 2. The van der Waals surface area contributed by atoms with Crippen LogP contribution in [0.15, 0.2) is 36.4 Å². The zero-order chi connectivity index (χ0) is 19.1. The van der Waals surface area contributed by atoms with Crippen LogP contribution in [0.2, 0.25) is 0 Å². The van der Waals surface area contributed by atoms with Crippen molar-refractivity contribution in [2.45, 2.75) is 57.4 Å². The molecule has 2 amide bonds. The molecule has 0 saturated heterocycles. The molecule has 2 N–H and O–H groups in total. The Morgan fingerprint density at radius 2 is 1.81 bits per heavy atom. The van der Waals surface area contributed by atoms with Gasteiger partial charge in [-0.2, -0.15) is 5.10 Å². The molecule has 0 aliphatic heterocycles. The zero-order valence-corrected chi connectivity index (χ0v) is 15.9. The highest BCUT2D eigenvalue weighted by Gasteiger charge is 2.19. The smallest absolute Gasteiger partial charge is 0.272 e. The van der Waals surface area contributed by atoms with Crippen LogP contribution in [0.5, 0.6) is 0 Å². The second-order valence-corrected chi connectivity index (χ2v) is 7.23. The summed E-state index contributed by atoms with van der Waals surface area (Å²) in [5.74, 6) is 0.291. The van der Waals surface area contributed by atoms with Gasteiger partial charge < -0.3 is 10.6 Å². The molecule has 2 aromatic rings. The van der Waals surface area contributed by atoms with Gasteiger partial charge in [-0.3, -0.25) is 14.3 Å². The van der Waals surface area contributed by atoms with Crippen LogP contribution in [0.4, 0.5) is 5.82 Å². The zero-order valence-electron chi connectivity index (χ0n) is 15.9. The van der Waals surface area contributed by atoms with Crippen LogP contribution in [-0.4, -0.2) is 27.6 Å². The van der Waals surface area contributed by atoms with Gasteiger partial charge in [-0.25, -0.2) is 0 Å². The van der Waals surface area contributed by atoms with E-state index in [4.69, 9.17) is 0 Å². The monoisotopic (exact) mass is 368 g/mol. The van der Waals surface area contributed by atoms with Crippen LogP contribution >= 0.6 is 0 Å². The van der Waals surface area contributed by atoms with E-state index in [0.717, 1.165) is 31.2 Å². The number of hydrogen-bond acceptors (Lipinski definition) is 3. The Labute approximate surface area is 160 Å². The van der Waals surface area contributed by atoms with E-state index >= 15 is 0 Å². The first-order valence-corrected chi connectivity index (χ1v) is 9.80. The van der Waals surface area contributed by atoms with E-state index in [2.05, 4.69) is 15.7 Å². The van der Waals surface area contributed by atoms with Crippen molar-refractivity contribution in [1.29, 1.82) is 0 Å². The third-order valence-electron chi connectivity index (χ3n) is 5.05. The van der Waals surface area contributed by atoms with E-state index < -0.39 is 0 Å². The molecule has 0 radical (unpaired) electrons. The quantitative estimate of drug-likeness (QED) is 0.767. The number of aromatic nitrogens is 2. The average Bonchev–Trinajstić information content (AvgIpc) is 2.86. The van der Waals surface area contributed by atoms with Crippen LogP contribution < -0.4 is 10.6 Å². The predicted molar refractivity (Wildman–Crippen MR) is 106 cm³/mol. The Morgan fingerprint density at radius 1 is 1.11 bits per heavy atom. The molecule has 1 aromatic carbocycles. The standard InChI is InChI=1S/C21H28N4O2/c1-25-19(23-20(26)14-13-16-9-5-4-6-10-16)15-18(24-25)21(27)22-17-11-7-2-3-8-12-17/h4-6,9-10,15,17H,2-3,7-8,11-14H2,1H3,(H,22,27)(H,23,26). The summed E-state index contributed by atoms with van der Waals surface area (Å²) in [6.07, 6.45) is 7.94. The average molecular weight is 368 g/mol. The summed E-state index contributed by atoms with van der Waals surface area (Å²) in [6.45, 7) is 0. The number of rotatable bonds is 6. The lowest BCUT2D eigenvalue weighted by Crippen LogP contribution is -2.34. The molecule has 0 unspecified atom stereocenters. The topological polar surface area (TPSA) is 76.0 Å². The summed E-state index contributed by atoms with van der Waals surface area (Å²) < 4.78 is 1.54. The van der Waals surface area contributed by atoms with Crippen LogP contribution in [0, 0.1) is 0 Å². The van der Waals surface area contributed by atoms with Crippen molar-refractivity contribution in [3.05, 3.63) is 47.7 Å². The summed E-state index contributed by atoms with van der Waals surface area (Å²) in [5.41, 5.74) is 1.47. The van der Waals surface area contributed by atoms with Gasteiger partial charge in [0.15, 0.2) is 5.69 Å². The van der Waals surface area contributed by atoms with E-state index in [0.29, 0.717) is 24.4 Å². The van der Waals surface area contributed by atoms with Gasteiger partial charge in [0.2, 0.25) is 5.91 Å². The van der Waals surface area contributed by atoms with Crippen LogP contribution in [0.25, 0.3) is 0 Å². The Kier molecular flexibility index (Phi) is 6.63. The fraction of sp³-hybridized carbons (Fsp3) is 0.476. The minimum atomic E-state index is -0.165. The van der Waals surface area contributed by atoms with Crippen LogP contribution in [-0.2, 0) is 18.3 Å². The molecule has 6 nitrogen and oxygen atoms in total. The van der Waals surface area contributed by atoms with Gasteiger partial charge in [0.1, 0.15) is 5.82 Å². The summed E-state index contributed by atoms with van der Waals surface area (Å²) in [7, 11) is 1.73. The van der Waals surface area contributed by atoms with E-state index in [-0.39, 0.29) is 17.9 Å². The van der Waals surface area contributed by atoms with Crippen molar-refractivity contribution in [3.63, 3.8) is 0 Å². The number of benzene rings is 1. The van der Waals surface area contributed by atoms with Crippen molar-refractivity contribution in [3.8, 4) is 0 Å². The molecule has 6 heteroatoms. The first kappa shape index (κ1) is 19.1. The number of nitrogens with one attached hydrogen (secondary N) is 2. The lowest BCUT2D eigenvalue weighted by atomic mass is 10.1. The van der Waals surface area contributed by atoms with Gasteiger partial charge in [0.05, 0.1) is 0 Å². The van der Waals surface area contributed by atoms with Crippen molar-refractivity contribution < 1.29 is 9.59 Å². The van der Waals surface area contributed by atoms with Crippen LogP contribution in [0.1, 0.15) is 61.0 Å². The number of anilines is 1. The molecule has 1 saturated carbocycles. The van der Waals surface area contributed by atoms with Gasteiger partial charge in [0, 0.05) is 25.6 Å². The molecule has 1 aromatic heterocycles. The molecule has 1 aliphatic carbocycles. The highest BCUT2D eigenvalue weighted by molar-refractivity contribution is 5.95. The van der Waals surface area contributed by atoms with Gasteiger partial charge in [-0.1, -0.05) is 56.0 Å². The minimum Gasteiger partial charge on any atom is -0.348 e. The molecule has 0 atom stereocenters. The molecular weight excluding hydrogens is 340 g/mol. The van der Waals surface area contributed by atoms with Crippen molar-refractivity contribution in [1.82, 2.24) is 15.1 Å². The Morgan fingerprint density at radius 3 is 2.52 bits per heavy atom. The van der Waals surface area contributed by atoms with E-state index in [9.17, 15) is 9.59 Å². The molecular formula is C21H28N4O2. The molecule has 3 rings (SSSR count). The number of hydrogen-bond donors (Lipinski definition) is 2. The maximum absolute atomic E-state index is 12.5. The molecule has 1 aliphatic rings.